The van der Waals surface area contributed by atoms with E-state index < -0.39 is 20.0 Å². The molecule has 0 heterocycles. The van der Waals surface area contributed by atoms with Gasteiger partial charge in [0.2, 0.25) is 0 Å². The molecular weight excluding hydrogens is 308 g/mol. The Hall–Kier alpha value is -2.40. The Kier molecular flexibility index (Phi) is 6.72. The first-order valence-corrected chi connectivity index (χ1v) is 10.7. The van der Waals surface area contributed by atoms with Crippen molar-refractivity contribution in [3.8, 4) is 5.75 Å². The summed E-state index contributed by atoms with van der Waals surface area (Å²) in [6.07, 6.45) is 5.91. The summed E-state index contributed by atoms with van der Waals surface area (Å²) in [6, 6.07) is 7.24. The van der Waals surface area contributed by atoms with Gasteiger partial charge in [0.1, 0.15) is 5.75 Å². The van der Waals surface area contributed by atoms with Gasteiger partial charge in [-0.25, -0.2) is 9.59 Å². The average Bonchev–Trinajstić information content (AvgIpc) is 2.50. The highest BCUT2D eigenvalue weighted by atomic mass is 28.3. The van der Waals surface area contributed by atoms with Crippen LogP contribution in [0.1, 0.15) is 5.56 Å². The number of esters is 2. The molecule has 0 aliphatic rings. The molecule has 23 heavy (non-hydrogen) atoms. The third kappa shape index (κ3) is 6.08. The van der Waals surface area contributed by atoms with Crippen LogP contribution in [0, 0.1) is 0 Å². The Balaban J connectivity index is 3.05. The molecule has 1 aromatic rings. The highest BCUT2D eigenvalue weighted by molar-refractivity contribution is 6.84. The predicted molar refractivity (Wildman–Crippen MR) is 94.8 cm³/mol. The molecule has 4 nitrogen and oxygen atoms in total. The van der Waals surface area contributed by atoms with E-state index in [0.717, 1.165) is 22.9 Å². The van der Waals surface area contributed by atoms with Crippen molar-refractivity contribution in [3.63, 3.8) is 0 Å². The van der Waals surface area contributed by atoms with Crippen LogP contribution in [0.25, 0.3) is 6.08 Å². The first-order valence-electron chi connectivity index (χ1n) is 7.19. The number of hydrogen-bond donors (Lipinski definition) is 0. The van der Waals surface area contributed by atoms with Gasteiger partial charge in [0.25, 0.3) is 0 Å². The summed E-state index contributed by atoms with van der Waals surface area (Å²) in [7, 11) is -0.299. The molecule has 0 bridgehead atoms. The average molecular weight is 330 g/mol. The molecule has 5 heteroatoms. The summed E-state index contributed by atoms with van der Waals surface area (Å²) in [6.45, 7) is 10.5. The number of para-hydroxylation sites is 1. The number of hydrogen-bond acceptors (Lipinski definition) is 4. The molecule has 0 N–H and O–H groups in total. The van der Waals surface area contributed by atoms with Crippen molar-refractivity contribution in [2.75, 3.05) is 7.11 Å². The molecule has 0 aromatic heterocycles. The van der Waals surface area contributed by atoms with Crippen molar-refractivity contribution in [2.45, 2.75) is 19.6 Å². The standard InChI is InChI=1S/C18H22O4Si/c1-6-15(23(3,4)5)13-14-9-7-8-10-16(14)22-18(20)12-11-17(19)21-2/h6-13H,1H2,2-5H3/b12-11+,15-13-. The van der Waals surface area contributed by atoms with E-state index >= 15 is 0 Å². The van der Waals surface area contributed by atoms with Crippen molar-refractivity contribution in [3.05, 3.63) is 59.8 Å². The van der Waals surface area contributed by atoms with Crippen molar-refractivity contribution < 1.29 is 19.1 Å². The fraction of sp³-hybridized carbons (Fsp3) is 0.222. The maximum absolute atomic E-state index is 11.8. The van der Waals surface area contributed by atoms with Gasteiger partial charge in [0, 0.05) is 17.7 Å². The summed E-state index contributed by atoms with van der Waals surface area (Å²) in [5.41, 5.74) is 0.796. The first-order chi connectivity index (χ1) is 10.8. The van der Waals surface area contributed by atoms with E-state index in [4.69, 9.17) is 4.74 Å². The van der Waals surface area contributed by atoms with Gasteiger partial charge in [-0.15, -0.1) is 0 Å². The zero-order valence-corrected chi connectivity index (χ0v) is 15.0. The largest absolute Gasteiger partial charge is 0.466 e. The highest BCUT2D eigenvalue weighted by Gasteiger charge is 2.17. The third-order valence-electron chi connectivity index (χ3n) is 3.08. The topological polar surface area (TPSA) is 52.6 Å². The molecule has 0 unspecified atom stereocenters. The predicted octanol–water partition coefficient (Wildman–Crippen LogP) is 3.77. The Bertz CT molecular complexity index is 651. The van der Waals surface area contributed by atoms with Crippen LogP contribution in [0.2, 0.25) is 19.6 Å². The number of carbonyl (C=O) groups is 2. The van der Waals surface area contributed by atoms with E-state index in [1.54, 1.807) is 12.1 Å². The van der Waals surface area contributed by atoms with E-state index in [9.17, 15) is 9.59 Å². The number of ether oxygens (including phenoxy) is 2. The van der Waals surface area contributed by atoms with E-state index in [1.165, 1.54) is 7.11 Å². The zero-order valence-electron chi connectivity index (χ0n) is 14.0. The summed E-state index contributed by atoms with van der Waals surface area (Å²) < 4.78 is 9.73. The Morgan fingerprint density at radius 1 is 1.09 bits per heavy atom. The quantitative estimate of drug-likeness (QED) is 0.262. The van der Waals surface area contributed by atoms with E-state index in [0.29, 0.717) is 5.75 Å². The van der Waals surface area contributed by atoms with Crippen molar-refractivity contribution in [1.82, 2.24) is 0 Å². The number of benzene rings is 1. The SMILES string of the molecule is C=C/C(=C/c1ccccc1OC(=O)/C=C/C(=O)OC)[Si](C)(C)C. The molecule has 1 aromatic carbocycles. The molecule has 0 saturated carbocycles. The minimum atomic E-state index is -1.54. The minimum Gasteiger partial charge on any atom is -0.466 e. The second-order valence-corrected chi connectivity index (χ2v) is 10.9. The summed E-state index contributed by atoms with van der Waals surface area (Å²) in [4.78, 5) is 22.8. The molecule has 0 aliphatic carbocycles. The first kappa shape index (κ1) is 18.6. The molecule has 0 spiro atoms. The fourth-order valence-corrected chi connectivity index (χ4v) is 2.99. The van der Waals surface area contributed by atoms with Gasteiger partial charge in [-0.3, -0.25) is 0 Å². The van der Waals surface area contributed by atoms with Crippen LogP contribution in [0.4, 0.5) is 0 Å². The normalized spacial score (nSPS) is 12.1. The van der Waals surface area contributed by atoms with Crippen LogP contribution < -0.4 is 4.74 Å². The lowest BCUT2D eigenvalue weighted by Crippen LogP contribution is -2.22. The smallest absolute Gasteiger partial charge is 0.336 e. The van der Waals surface area contributed by atoms with Crippen molar-refractivity contribution in [1.29, 1.82) is 0 Å². The molecule has 0 radical (unpaired) electrons. The second kappa shape index (κ2) is 8.29. The summed E-state index contributed by atoms with van der Waals surface area (Å²) >= 11 is 0. The molecule has 1 rings (SSSR count). The van der Waals surface area contributed by atoms with E-state index in [2.05, 4.69) is 31.0 Å². The lowest BCUT2D eigenvalue weighted by atomic mass is 10.2. The van der Waals surface area contributed by atoms with Crippen LogP contribution in [-0.2, 0) is 14.3 Å². The van der Waals surface area contributed by atoms with Crippen molar-refractivity contribution in [2.24, 2.45) is 0 Å². The number of allylic oxidation sites excluding steroid dienone is 2. The molecule has 0 fully saturated rings. The van der Waals surface area contributed by atoms with Crippen LogP contribution in [0.3, 0.4) is 0 Å². The maximum Gasteiger partial charge on any atom is 0.336 e. The Morgan fingerprint density at radius 2 is 1.70 bits per heavy atom. The third-order valence-corrected chi connectivity index (χ3v) is 5.16. The van der Waals surface area contributed by atoms with Crippen molar-refractivity contribution >= 4 is 26.1 Å². The van der Waals surface area contributed by atoms with Gasteiger partial charge >= 0.3 is 11.9 Å². The molecule has 122 valence electrons. The molecule has 0 saturated heterocycles. The number of methoxy groups -OCH3 is 1. The second-order valence-electron chi connectivity index (χ2n) is 5.87. The van der Waals surface area contributed by atoms with Crippen LogP contribution >= 0.6 is 0 Å². The summed E-state index contributed by atoms with van der Waals surface area (Å²) in [5, 5.41) is 1.16. The van der Waals surface area contributed by atoms with Gasteiger partial charge in [0.15, 0.2) is 0 Å². The minimum absolute atomic E-state index is 0.435. The highest BCUT2D eigenvalue weighted by Crippen LogP contribution is 2.25. The molecule has 0 atom stereocenters. The zero-order chi connectivity index (χ0) is 17.5. The van der Waals surface area contributed by atoms with Gasteiger partial charge in [-0.05, 0) is 6.07 Å². The van der Waals surface area contributed by atoms with E-state index in [-0.39, 0.29) is 0 Å². The maximum atomic E-state index is 11.8. The van der Waals surface area contributed by atoms with Crippen LogP contribution in [-0.4, -0.2) is 27.1 Å². The molecule has 0 aliphatic heterocycles. The Morgan fingerprint density at radius 3 is 2.26 bits per heavy atom. The van der Waals surface area contributed by atoms with Crippen LogP contribution in [0.5, 0.6) is 5.75 Å². The van der Waals surface area contributed by atoms with Gasteiger partial charge in [-0.2, -0.15) is 0 Å². The van der Waals surface area contributed by atoms with Gasteiger partial charge < -0.3 is 9.47 Å². The van der Waals surface area contributed by atoms with Gasteiger partial charge in [-0.1, -0.05) is 61.8 Å². The number of rotatable bonds is 6. The molecule has 0 amide bonds. The van der Waals surface area contributed by atoms with E-state index in [1.807, 2.05) is 24.3 Å². The Labute approximate surface area is 138 Å². The fourth-order valence-electron chi connectivity index (χ4n) is 1.79. The monoisotopic (exact) mass is 330 g/mol. The van der Waals surface area contributed by atoms with Gasteiger partial charge in [0.05, 0.1) is 15.2 Å². The van der Waals surface area contributed by atoms with Crippen LogP contribution in [0.15, 0.2) is 54.3 Å². The summed E-state index contributed by atoms with van der Waals surface area (Å²) in [5.74, 6) is -0.808. The number of carbonyl (C=O) groups excluding carboxylic acids is 2. The molecular formula is C18H22O4Si. The lowest BCUT2D eigenvalue weighted by molar-refractivity contribution is -0.135. The lowest BCUT2D eigenvalue weighted by Gasteiger charge is -2.18.